The molecule has 0 spiro atoms. The van der Waals surface area contributed by atoms with Gasteiger partial charge < -0.3 is 0 Å². The Kier molecular flexibility index (Phi) is 5.13. The summed E-state index contributed by atoms with van der Waals surface area (Å²) >= 11 is 0. The lowest BCUT2D eigenvalue weighted by Gasteiger charge is -2.22. The maximum absolute atomic E-state index is 12.2. The minimum atomic E-state index is -0.435. The van der Waals surface area contributed by atoms with Gasteiger partial charge in [-0.05, 0) is 29.2 Å². The van der Waals surface area contributed by atoms with Crippen molar-refractivity contribution in [3.63, 3.8) is 0 Å². The highest BCUT2D eigenvalue weighted by atomic mass is 16.8. The van der Waals surface area contributed by atoms with Gasteiger partial charge in [-0.2, -0.15) is 4.94 Å². The maximum atomic E-state index is 12.2. The molecule has 2 rings (SSSR count). The summed E-state index contributed by atoms with van der Waals surface area (Å²) < 4.78 is 0. The predicted molar refractivity (Wildman–Crippen MR) is 87.6 cm³/mol. The van der Waals surface area contributed by atoms with Crippen molar-refractivity contribution in [3.8, 4) is 0 Å². The Labute approximate surface area is 135 Å². The van der Waals surface area contributed by atoms with Crippen molar-refractivity contribution in [2.24, 2.45) is 0 Å². The third-order valence-electron chi connectivity index (χ3n) is 3.30. The van der Waals surface area contributed by atoms with Crippen LogP contribution in [0.5, 0.6) is 0 Å². The van der Waals surface area contributed by atoms with Crippen molar-refractivity contribution >= 4 is 11.8 Å². The minimum Gasteiger partial charge on any atom is -0.267 e. The highest BCUT2D eigenvalue weighted by molar-refractivity contribution is 5.96. The monoisotopic (exact) mass is 312 g/mol. The van der Waals surface area contributed by atoms with Crippen LogP contribution in [0.25, 0.3) is 0 Å². The summed E-state index contributed by atoms with van der Waals surface area (Å²) in [6, 6.07) is 15.9. The molecule has 0 aliphatic rings. The molecule has 0 heterocycles. The molecule has 2 aromatic carbocycles. The molecular weight excluding hydrogens is 292 g/mol. The number of hydrogen-bond acceptors (Lipinski definition) is 3. The second-order valence-corrected chi connectivity index (χ2v) is 6.13. The molecule has 0 atom stereocenters. The van der Waals surface area contributed by atoms with Gasteiger partial charge in [0.1, 0.15) is 0 Å². The first-order chi connectivity index (χ1) is 10.9. The van der Waals surface area contributed by atoms with Gasteiger partial charge in [0, 0.05) is 11.1 Å². The molecule has 2 N–H and O–H groups in total. The highest BCUT2D eigenvalue weighted by Gasteiger charge is 2.21. The summed E-state index contributed by atoms with van der Waals surface area (Å²) in [5.41, 5.74) is 6.10. The van der Waals surface area contributed by atoms with Crippen molar-refractivity contribution in [1.29, 1.82) is 0 Å². The van der Waals surface area contributed by atoms with Crippen LogP contribution in [0.1, 0.15) is 47.1 Å². The number of hydroxylamine groups is 2. The summed E-state index contributed by atoms with van der Waals surface area (Å²) in [7, 11) is 0. The molecular formula is C18H20N2O3. The zero-order valence-corrected chi connectivity index (χ0v) is 13.4. The normalized spacial score (nSPS) is 10.9. The average Bonchev–Trinajstić information content (AvgIpc) is 2.54. The van der Waals surface area contributed by atoms with Crippen LogP contribution in [0.3, 0.4) is 0 Å². The molecule has 5 nitrogen and oxygen atoms in total. The van der Waals surface area contributed by atoms with Gasteiger partial charge in [-0.15, -0.1) is 0 Å². The van der Waals surface area contributed by atoms with Crippen LogP contribution in [0.2, 0.25) is 0 Å². The minimum absolute atomic E-state index is 0.179. The zero-order chi connectivity index (χ0) is 16.9. The number of carbonyl (C=O) groups excluding carboxylic acids is 2. The van der Waals surface area contributed by atoms with Crippen molar-refractivity contribution in [2.45, 2.75) is 26.2 Å². The Morgan fingerprint density at radius 1 is 0.826 bits per heavy atom. The lowest BCUT2D eigenvalue weighted by molar-refractivity contribution is -0.0185. The number of nitrogens with one attached hydrogen (secondary N) is 2. The van der Waals surface area contributed by atoms with E-state index >= 15 is 0 Å². The number of hydrogen-bond donors (Lipinski definition) is 2. The van der Waals surface area contributed by atoms with E-state index in [-0.39, 0.29) is 5.41 Å². The van der Waals surface area contributed by atoms with E-state index in [0.717, 1.165) is 5.56 Å². The van der Waals surface area contributed by atoms with Gasteiger partial charge in [0.2, 0.25) is 0 Å². The molecule has 0 saturated carbocycles. The number of carbonyl (C=O) groups is 2. The number of rotatable bonds is 4. The predicted octanol–water partition coefficient (Wildman–Crippen LogP) is 2.99. The largest absolute Gasteiger partial charge is 0.277 e. The SMILES string of the molecule is CC(C)(C)c1ccccc1C(=O)NONC(=O)c1ccccc1. The first-order valence-electron chi connectivity index (χ1n) is 7.30. The third kappa shape index (κ3) is 4.40. The fourth-order valence-electron chi connectivity index (χ4n) is 2.16. The van der Waals surface area contributed by atoms with Gasteiger partial charge in [0.25, 0.3) is 11.8 Å². The van der Waals surface area contributed by atoms with E-state index in [9.17, 15) is 9.59 Å². The molecule has 0 unspecified atom stereocenters. The molecule has 2 amide bonds. The zero-order valence-electron chi connectivity index (χ0n) is 13.4. The maximum Gasteiger partial charge on any atom is 0.277 e. The van der Waals surface area contributed by atoms with E-state index in [1.54, 1.807) is 36.4 Å². The lowest BCUT2D eigenvalue weighted by atomic mass is 9.83. The van der Waals surface area contributed by atoms with Crippen LogP contribution in [0, 0.1) is 0 Å². The molecule has 0 saturated heterocycles. The van der Waals surface area contributed by atoms with Crippen LogP contribution >= 0.6 is 0 Å². The number of benzene rings is 2. The van der Waals surface area contributed by atoms with Gasteiger partial charge in [0.05, 0.1) is 0 Å². The molecule has 0 aromatic heterocycles. The Morgan fingerprint density at radius 2 is 1.39 bits per heavy atom. The summed E-state index contributed by atoms with van der Waals surface area (Å²) in [6.07, 6.45) is 0. The second-order valence-electron chi connectivity index (χ2n) is 6.13. The van der Waals surface area contributed by atoms with Crippen LogP contribution in [-0.4, -0.2) is 11.8 Å². The van der Waals surface area contributed by atoms with Gasteiger partial charge >= 0.3 is 0 Å². The van der Waals surface area contributed by atoms with Gasteiger partial charge in [-0.1, -0.05) is 57.2 Å². The van der Waals surface area contributed by atoms with E-state index in [1.807, 2.05) is 39.0 Å². The van der Waals surface area contributed by atoms with Crippen molar-refractivity contribution < 1.29 is 14.5 Å². The van der Waals surface area contributed by atoms with Crippen molar-refractivity contribution in [1.82, 2.24) is 11.0 Å². The van der Waals surface area contributed by atoms with Crippen molar-refractivity contribution in [3.05, 3.63) is 71.3 Å². The molecule has 23 heavy (non-hydrogen) atoms. The molecule has 0 fully saturated rings. The van der Waals surface area contributed by atoms with Crippen LogP contribution in [-0.2, 0) is 10.4 Å². The van der Waals surface area contributed by atoms with Gasteiger partial charge in [-0.25, -0.2) is 11.0 Å². The van der Waals surface area contributed by atoms with Crippen LogP contribution in [0.15, 0.2) is 54.6 Å². The van der Waals surface area contributed by atoms with Gasteiger partial charge in [0.15, 0.2) is 0 Å². The molecule has 0 radical (unpaired) electrons. The quantitative estimate of drug-likeness (QED) is 0.853. The summed E-state index contributed by atoms with van der Waals surface area (Å²) in [6.45, 7) is 6.07. The average molecular weight is 312 g/mol. The number of amides is 2. The van der Waals surface area contributed by atoms with E-state index < -0.39 is 11.8 Å². The molecule has 0 aliphatic carbocycles. The van der Waals surface area contributed by atoms with Crippen LogP contribution < -0.4 is 11.0 Å². The summed E-state index contributed by atoms with van der Waals surface area (Å²) in [5, 5.41) is 0. The topological polar surface area (TPSA) is 67.4 Å². The smallest absolute Gasteiger partial charge is 0.267 e. The summed E-state index contributed by atoms with van der Waals surface area (Å²) in [5.74, 6) is -0.848. The van der Waals surface area contributed by atoms with E-state index in [1.165, 1.54) is 0 Å². The summed E-state index contributed by atoms with van der Waals surface area (Å²) in [4.78, 5) is 28.9. The van der Waals surface area contributed by atoms with E-state index in [2.05, 4.69) is 11.0 Å². The lowest BCUT2D eigenvalue weighted by Crippen LogP contribution is -2.35. The van der Waals surface area contributed by atoms with Gasteiger partial charge in [-0.3, -0.25) is 9.59 Å². The Bertz CT molecular complexity index is 691. The standard InChI is InChI=1S/C18H20N2O3/c1-18(2,3)15-12-8-7-11-14(15)17(22)20-23-19-16(21)13-9-5-4-6-10-13/h4-12H,1-3H3,(H,19,21)(H,20,22). The first-order valence-corrected chi connectivity index (χ1v) is 7.30. The molecule has 2 aromatic rings. The van der Waals surface area contributed by atoms with Crippen molar-refractivity contribution in [2.75, 3.05) is 0 Å². The Balaban J connectivity index is 1.97. The fraction of sp³-hybridized carbons (Fsp3) is 0.222. The molecule has 5 heteroatoms. The fourth-order valence-corrected chi connectivity index (χ4v) is 2.16. The Morgan fingerprint density at radius 3 is 2.04 bits per heavy atom. The highest BCUT2D eigenvalue weighted by Crippen LogP contribution is 2.25. The molecule has 0 aliphatic heterocycles. The second kappa shape index (κ2) is 7.07. The molecule has 120 valence electrons. The molecule has 0 bridgehead atoms. The van der Waals surface area contributed by atoms with Crippen LogP contribution in [0.4, 0.5) is 0 Å². The first kappa shape index (κ1) is 16.7. The van der Waals surface area contributed by atoms with E-state index in [4.69, 9.17) is 4.94 Å². The van der Waals surface area contributed by atoms with E-state index in [0.29, 0.717) is 11.1 Å². The Hall–Kier alpha value is -2.66. The third-order valence-corrected chi connectivity index (χ3v) is 3.30.